The van der Waals surface area contributed by atoms with Crippen molar-refractivity contribution in [2.75, 3.05) is 48.9 Å². The number of benzene rings is 2. The lowest BCUT2D eigenvalue weighted by Crippen LogP contribution is -2.56. The van der Waals surface area contributed by atoms with E-state index in [0.29, 0.717) is 32.5 Å². The zero-order valence-electron chi connectivity index (χ0n) is 47.3. The van der Waals surface area contributed by atoms with Crippen molar-refractivity contribution in [2.45, 2.75) is 200 Å². The fraction of sp³-hybridized carbons (Fsp3) is 0.714. The lowest BCUT2D eigenvalue weighted by molar-refractivity contribution is -0.152. The first-order valence-corrected chi connectivity index (χ1v) is 31.2. The smallest absolute Gasteiger partial charge is 0.193 e. The topological polar surface area (TPSA) is 147 Å². The number of ketones is 1. The molecule has 15 heteroatoms. The number of aliphatic hydroxyl groups excluding tert-OH is 1. The maximum absolute atomic E-state index is 15.4. The zero-order valence-corrected chi connectivity index (χ0v) is 49.3. The minimum absolute atomic E-state index is 0.0893. The molecule has 0 aliphatic carbocycles. The van der Waals surface area contributed by atoms with E-state index < -0.39 is 64.8 Å². The monoisotopic (exact) mass is 1030 g/mol. The number of aliphatic hydroxyl groups is 1. The molecule has 0 heterocycles. The highest BCUT2D eigenvalue weighted by Crippen LogP contribution is 2.42. The molecule has 1 N–H and O–H groups in total. The van der Waals surface area contributed by atoms with Crippen LogP contribution in [0.5, 0.6) is 5.75 Å². The second-order valence-corrected chi connectivity index (χ2v) is 32.2. The van der Waals surface area contributed by atoms with Crippen molar-refractivity contribution in [3.8, 4) is 5.75 Å². The van der Waals surface area contributed by atoms with E-state index in [4.69, 9.17) is 46.7 Å². The summed E-state index contributed by atoms with van der Waals surface area (Å²) in [6.45, 7) is 30.5. The number of hydrogen-bond acceptors (Lipinski definition) is 13. The Kier molecular flexibility index (Phi) is 27.3. The molecule has 406 valence electrons. The van der Waals surface area contributed by atoms with Gasteiger partial charge in [0.25, 0.3) is 0 Å². The number of Topliss-reactive ketones (excluding diaryl/α,β-unsaturated/α-hetero) is 1. The van der Waals surface area contributed by atoms with E-state index in [1.165, 1.54) is 14.2 Å². The molecule has 0 aliphatic heterocycles. The van der Waals surface area contributed by atoms with Crippen LogP contribution in [0.3, 0.4) is 0 Å². The summed E-state index contributed by atoms with van der Waals surface area (Å²) < 4.78 is 61.7. The van der Waals surface area contributed by atoms with E-state index in [-0.39, 0.29) is 53.9 Å². The molecular weight excluding hydrogens is 937 g/mol. The van der Waals surface area contributed by atoms with E-state index in [1.54, 1.807) is 35.2 Å². The zero-order chi connectivity index (χ0) is 53.8. The van der Waals surface area contributed by atoms with Crippen molar-refractivity contribution in [3.63, 3.8) is 0 Å². The van der Waals surface area contributed by atoms with Crippen LogP contribution in [0, 0.1) is 11.3 Å². The third kappa shape index (κ3) is 20.5. The Labute approximate surface area is 431 Å². The number of ether oxygens (including phenoxy) is 8. The third-order valence-corrected chi connectivity index (χ3v) is 23.9. The van der Waals surface area contributed by atoms with E-state index in [0.717, 1.165) is 28.9 Å². The third-order valence-electron chi connectivity index (χ3n) is 14.9. The van der Waals surface area contributed by atoms with Crippen LogP contribution in [0.4, 0.5) is 0 Å². The van der Waals surface area contributed by atoms with E-state index in [2.05, 4.69) is 99.8 Å². The van der Waals surface area contributed by atoms with Crippen LogP contribution in [0.25, 0.3) is 0 Å². The number of aldehydes is 1. The summed E-state index contributed by atoms with van der Waals surface area (Å²) in [7, 11) is 2.76. The van der Waals surface area contributed by atoms with E-state index >= 15 is 4.79 Å². The molecule has 9 atom stereocenters. The van der Waals surface area contributed by atoms with Crippen molar-refractivity contribution in [1.29, 1.82) is 0 Å². The molecule has 0 radical (unpaired) electrons. The Bertz CT molecular complexity index is 1840. The summed E-state index contributed by atoms with van der Waals surface area (Å²) in [5, 5.41) is 11.9. The van der Waals surface area contributed by atoms with Crippen LogP contribution in [0.15, 0.2) is 66.2 Å². The Morgan fingerprint density at radius 1 is 0.690 bits per heavy atom. The van der Waals surface area contributed by atoms with Crippen LogP contribution in [0.2, 0.25) is 36.3 Å². The van der Waals surface area contributed by atoms with Gasteiger partial charge in [-0.2, -0.15) is 0 Å². The van der Waals surface area contributed by atoms with Gasteiger partial charge in [0.05, 0.1) is 69.0 Å². The summed E-state index contributed by atoms with van der Waals surface area (Å²) in [6, 6.07) is 17.9. The van der Waals surface area contributed by atoms with Crippen molar-refractivity contribution in [2.24, 2.45) is 11.3 Å². The Hall–Kier alpha value is -2.65. The molecule has 0 bridgehead atoms. The maximum Gasteiger partial charge on any atom is 0.193 e. The standard InChI is InChI=1S/C56H96O13Si2/c1-20-41(36-65-37-42-24-22-21-23-25-42)30-40(2)47(66-38-43-26-28-44(61-12)29-27-43)31-45(62-13)34-51(58)56(9,10)53(59)52(69-71(18,19)55(6,7)8)49(64-15)33-46(68-70(16,17)54(3,4)5)32-48(63-14)50(35-57)67-39-60-11/h21-30,35,41,45-52,58H,20,31-34,36-39H2,1-19H3/b40-30-/t41-,45-,46+,47+,48-,49-,50-,51+,52-/m1/s1. The molecular formula is C56H96O13Si2. The first kappa shape index (κ1) is 64.5. The molecule has 2 rings (SSSR count). The highest BCUT2D eigenvalue weighted by Gasteiger charge is 2.50. The molecule has 0 spiro atoms. The Morgan fingerprint density at radius 3 is 1.76 bits per heavy atom. The number of carbonyl (C=O) groups excluding carboxylic acids is 2. The first-order valence-electron chi connectivity index (χ1n) is 25.4. The van der Waals surface area contributed by atoms with Gasteiger partial charge in [-0.3, -0.25) is 4.79 Å². The normalized spacial score (nSPS) is 17.2. The molecule has 0 saturated carbocycles. The van der Waals surface area contributed by atoms with Crippen molar-refractivity contribution >= 4 is 28.7 Å². The largest absolute Gasteiger partial charge is 0.497 e. The van der Waals surface area contributed by atoms with Crippen molar-refractivity contribution < 1.29 is 61.4 Å². The second-order valence-electron chi connectivity index (χ2n) is 22.7. The van der Waals surface area contributed by atoms with Crippen LogP contribution in [0.1, 0.15) is 112 Å². The number of hydrogen-bond donors (Lipinski definition) is 1. The minimum atomic E-state index is -2.67. The van der Waals surface area contributed by atoms with Gasteiger partial charge in [0.2, 0.25) is 0 Å². The fourth-order valence-corrected chi connectivity index (χ4v) is 10.4. The maximum atomic E-state index is 15.4. The van der Waals surface area contributed by atoms with Gasteiger partial charge in [0, 0.05) is 60.0 Å². The van der Waals surface area contributed by atoms with Gasteiger partial charge < -0.3 is 56.6 Å². The SMILES string of the molecule is CC[C@H](/C=C(/C)[C@H](C[C@H](C[C@H](O)C(C)(C)C(=O)[C@H](O[Si](C)(C)C(C)(C)C)[C@@H](C[C@H](C[C@@H](OC)[C@@H](C=O)OCOC)O[Si](C)(C)C(C)(C)C)OC)OC)OCc1ccc(OC)cc1)COCc1ccccc1. The van der Waals surface area contributed by atoms with Crippen LogP contribution in [-0.4, -0.2) is 132 Å². The van der Waals surface area contributed by atoms with Gasteiger partial charge in [0.1, 0.15) is 24.8 Å². The van der Waals surface area contributed by atoms with Gasteiger partial charge in [0.15, 0.2) is 28.7 Å². The average Bonchev–Trinajstić information content (AvgIpc) is 3.31. The molecule has 71 heavy (non-hydrogen) atoms. The Balaban J connectivity index is 2.57. The molecule has 0 aliphatic rings. The molecule has 0 amide bonds. The van der Waals surface area contributed by atoms with Gasteiger partial charge in [-0.05, 0) is 78.4 Å². The number of methoxy groups -OCH3 is 5. The summed E-state index contributed by atoms with van der Waals surface area (Å²) in [6.07, 6.45) is -1.12. The minimum Gasteiger partial charge on any atom is -0.497 e. The molecule has 2 aromatic carbocycles. The summed E-state index contributed by atoms with van der Waals surface area (Å²) in [5.74, 6) is 0.616. The van der Waals surface area contributed by atoms with Crippen LogP contribution < -0.4 is 4.74 Å². The summed E-state index contributed by atoms with van der Waals surface area (Å²) in [4.78, 5) is 27.8. The van der Waals surface area contributed by atoms with Gasteiger partial charge in [-0.15, -0.1) is 0 Å². The highest BCUT2D eigenvalue weighted by atomic mass is 28.4. The average molecular weight is 1030 g/mol. The molecule has 0 saturated heterocycles. The molecule has 0 aromatic heterocycles. The summed E-state index contributed by atoms with van der Waals surface area (Å²) in [5.41, 5.74) is 1.81. The molecule has 0 fully saturated rings. The highest BCUT2D eigenvalue weighted by molar-refractivity contribution is 6.74. The predicted octanol–water partition coefficient (Wildman–Crippen LogP) is 11.3. The van der Waals surface area contributed by atoms with E-state index in [9.17, 15) is 9.90 Å². The van der Waals surface area contributed by atoms with Crippen LogP contribution >= 0.6 is 0 Å². The summed E-state index contributed by atoms with van der Waals surface area (Å²) >= 11 is 0. The lowest BCUT2D eigenvalue weighted by Gasteiger charge is -2.45. The predicted molar refractivity (Wildman–Crippen MR) is 288 cm³/mol. The van der Waals surface area contributed by atoms with Gasteiger partial charge in [-0.25, -0.2) is 0 Å². The quantitative estimate of drug-likeness (QED) is 0.0303. The number of carbonyl (C=O) groups is 2. The molecule has 0 unspecified atom stereocenters. The van der Waals surface area contributed by atoms with E-state index in [1.807, 2.05) is 42.5 Å². The van der Waals surface area contributed by atoms with Gasteiger partial charge in [-0.1, -0.05) is 111 Å². The molecule has 13 nitrogen and oxygen atoms in total. The van der Waals surface area contributed by atoms with Crippen LogP contribution in [-0.2, 0) is 64.8 Å². The fourth-order valence-electron chi connectivity index (χ4n) is 7.76. The van der Waals surface area contributed by atoms with Gasteiger partial charge >= 0.3 is 0 Å². The first-order chi connectivity index (χ1) is 33.1. The Morgan fingerprint density at radius 2 is 1.25 bits per heavy atom. The number of rotatable bonds is 35. The molecule has 2 aromatic rings. The van der Waals surface area contributed by atoms with Crippen molar-refractivity contribution in [3.05, 3.63) is 77.4 Å². The van der Waals surface area contributed by atoms with Crippen molar-refractivity contribution in [1.82, 2.24) is 0 Å². The lowest BCUT2D eigenvalue weighted by atomic mass is 9.76. The second kappa shape index (κ2) is 30.0.